The molecule has 0 bridgehead atoms. The van der Waals surface area contributed by atoms with Gasteiger partial charge in [-0.1, -0.05) is 5.10 Å². The van der Waals surface area contributed by atoms with Crippen LogP contribution in [0.5, 0.6) is 0 Å². The summed E-state index contributed by atoms with van der Waals surface area (Å²) in [4.78, 5) is 20.9. The number of pyridine rings is 1. The van der Waals surface area contributed by atoms with Crippen LogP contribution in [0.4, 0.5) is 16.0 Å². The minimum atomic E-state index is -0.672. The number of rotatable bonds is 1. The first kappa shape index (κ1) is 14.3. The molecule has 5 rings (SSSR count). The van der Waals surface area contributed by atoms with Crippen molar-refractivity contribution in [3.05, 3.63) is 35.8 Å². The topological polar surface area (TPSA) is 80.0 Å². The molecule has 1 spiro atoms. The first-order valence-corrected chi connectivity index (χ1v) is 7.85. The Morgan fingerprint density at radius 2 is 2.04 bits per heavy atom. The van der Waals surface area contributed by atoms with Gasteiger partial charge < -0.3 is 9.80 Å². The van der Waals surface area contributed by atoms with Gasteiger partial charge in [0.15, 0.2) is 0 Å². The van der Waals surface area contributed by atoms with Gasteiger partial charge in [0.2, 0.25) is 11.9 Å². The number of carbonyl (C=O) groups is 1. The third kappa shape index (κ3) is 1.67. The van der Waals surface area contributed by atoms with Crippen LogP contribution in [0.1, 0.15) is 5.56 Å². The summed E-state index contributed by atoms with van der Waals surface area (Å²) in [6.45, 7) is 0.960. The summed E-state index contributed by atoms with van der Waals surface area (Å²) in [6.07, 6.45) is 1.65. The number of aromatic nitrogens is 5. The maximum Gasteiger partial charge on any atom is 0.245 e. The Kier molecular flexibility index (Phi) is 2.57. The van der Waals surface area contributed by atoms with Crippen molar-refractivity contribution in [2.45, 2.75) is 5.41 Å². The van der Waals surface area contributed by atoms with Gasteiger partial charge >= 0.3 is 0 Å². The van der Waals surface area contributed by atoms with Crippen LogP contribution < -0.4 is 9.80 Å². The van der Waals surface area contributed by atoms with Crippen molar-refractivity contribution in [1.82, 2.24) is 25.2 Å². The van der Waals surface area contributed by atoms with Crippen molar-refractivity contribution < 1.29 is 9.18 Å². The van der Waals surface area contributed by atoms with Crippen molar-refractivity contribution in [1.29, 1.82) is 0 Å². The van der Waals surface area contributed by atoms with Crippen molar-refractivity contribution in [2.24, 2.45) is 7.05 Å². The molecule has 0 unspecified atom stereocenters. The molecular weight excluding hydrogens is 325 g/mol. The molecule has 2 aromatic heterocycles. The predicted octanol–water partition coefficient (Wildman–Crippen LogP) is 0.632. The second kappa shape index (κ2) is 4.50. The molecule has 1 aromatic carbocycles. The minimum Gasteiger partial charge on any atom is -0.337 e. The highest BCUT2D eigenvalue weighted by Gasteiger charge is 2.59. The van der Waals surface area contributed by atoms with Crippen molar-refractivity contribution >= 4 is 28.4 Å². The molecule has 1 saturated heterocycles. The molecule has 0 N–H and O–H groups in total. The van der Waals surface area contributed by atoms with Crippen molar-refractivity contribution in [3.8, 4) is 0 Å². The molecule has 0 saturated carbocycles. The Morgan fingerprint density at radius 1 is 1.24 bits per heavy atom. The van der Waals surface area contributed by atoms with E-state index in [0.29, 0.717) is 24.6 Å². The Balaban J connectivity index is 1.66. The van der Waals surface area contributed by atoms with Crippen LogP contribution in [0.3, 0.4) is 0 Å². The predicted molar refractivity (Wildman–Crippen MR) is 87.8 cm³/mol. The van der Waals surface area contributed by atoms with E-state index in [9.17, 15) is 9.18 Å². The van der Waals surface area contributed by atoms with Crippen LogP contribution in [-0.4, -0.2) is 51.2 Å². The van der Waals surface area contributed by atoms with Gasteiger partial charge in [-0.05, 0) is 22.6 Å². The second-order valence-electron chi connectivity index (χ2n) is 6.58. The molecular formula is C16H14FN7O. The van der Waals surface area contributed by atoms with E-state index in [-0.39, 0.29) is 11.7 Å². The quantitative estimate of drug-likeness (QED) is 0.647. The Morgan fingerprint density at radius 3 is 2.76 bits per heavy atom. The number of tetrazole rings is 1. The number of nitrogens with zero attached hydrogens (tertiary/aromatic N) is 7. The van der Waals surface area contributed by atoms with Crippen LogP contribution in [0, 0.1) is 5.82 Å². The lowest BCUT2D eigenvalue weighted by molar-refractivity contribution is -0.123. The Bertz CT molecular complexity index is 1040. The van der Waals surface area contributed by atoms with E-state index in [4.69, 9.17) is 0 Å². The van der Waals surface area contributed by atoms with Gasteiger partial charge in [0.1, 0.15) is 11.2 Å². The third-order valence-corrected chi connectivity index (χ3v) is 5.17. The molecule has 25 heavy (non-hydrogen) atoms. The summed E-state index contributed by atoms with van der Waals surface area (Å²) in [5.41, 5.74) is 1.57. The highest BCUT2D eigenvalue weighted by molar-refractivity contribution is 6.13. The number of amides is 1. The molecule has 126 valence electrons. The van der Waals surface area contributed by atoms with E-state index >= 15 is 0 Å². The number of anilines is 2. The van der Waals surface area contributed by atoms with Gasteiger partial charge in [0.05, 0.1) is 17.4 Å². The maximum absolute atomic E-state index is 13.6. The Hall–Kier alpha value is -3.10. The smallest absolute Gasteiger partial charge is 0.245 e. The zero-order valence-electron chi connectivity index (χ0n) is 13.6. The van der Waals surface area contributed by atoms with E-state index in [1.807, 2.05) is 4.90 Å². The van der Waals surface area contributed by atoms with Crippen LogP contribution in [0.25, 0.3) is 10.9 Å². The van der Waals surface area contributed by atoms with Crippen LogP contribution in [0.2, 0.25) is 0 Å². The molecule has 2 aliphatic rings. The minimum absolute atomic E-state index is 0.0208. The molecule has 8 nitrogen and oxygen atoms in total. The molecule has 2 aliphatic heterocycles. The number of likely N-dealkylation sites (N-methyl/N-ethyl adjacent to an activating group) is 1. The molecule has 0 atom stereocenters. The van der Waals surface area contributed by atoms with E-state index < -0.39 is 5.41 Å². The van der Waals surface area contributed by atoms with Gasteiger partial charge in [-0.25, -0.2) is 9.07 Å². The molecule has 1 amide bonds. The highest BCUT2D eigenvalue weighted by Crippen LogP contribution is 2.49. The zero-order valence-corrected chi connectivity index (χ0v) is 13.6. The average molecular weight is 339 g/mol. The van der Waals surface area contributed by atoms with Crippen LogP contribution >= 0.6 is 0 Å². The molecule has 0 aliphatic carbocycles. The number of hydrogen-bond acceptors (Lipinski definition) is 6. The van der Waals surface area contributed by atoms with E-state index in [2.05, 4.69) is 20.5 Å². The largest absolute Gasteiger partial charge is 0.337 e. The van der Waals surface area contributed by atoms with E-state index in [1.54, 1.807) is 35.9 Å². The van der Waals surface area contributed by atoms with Gasteiger partial charge in [-0.2, -0.15) is 0 Å². The number of halogens is 1. The van der Waals surface area contributed by atoms with Gasteiger partial charge in [-0.15, -0.1) is 0 Å². The summed E-state index contributed by atoms with van der Waals surface area (Å²) in [5.74, 6) is 0.304. The highest BCUT2D eigenvalue weighted by atomic mass is 19.1. The van der Waals surface area contributed by atoms with Gasteiger partial charge in [0, 0.05) is 44.2 Å². The first-order chi connectivity index (χ1) is 12.0. The average Bonchev–Trinajstić information content (AvgIpc) is 3.07. The number of carbonyl (C=O) groups excluding carboxylic acids is 1. The second-order valence-corrected chi connectivity index (χ2v) is 6.58. The SMILES string of the molecule is CN1C(=O)C2(CN(c3nnnn3C)C2)c2c1cnc1cc(F)ccc21. The van der Waals surface area contributed by atoms with E-state index in [1.165, 1.54) is 12.1 Å². The van der Waals surface area contributed by atoms with Crippen LogP contribution in [-0.2, 0) is 17.3 Å². The normalized spacial score (nSPS) is 18.1. The number of aryl methyl sites for hydroxylation is 1. The molecule has 1 fully saturated rings. The van der Waals surface area contributed by atoms with Crippen molar-refractivity contribution in [3.63, 3.8) is 0 Å². The number of hydrogen-bond donors (Lipinski definition) is 0. The third-order valence-electron chi connectivity index (χ3n) is 5.17. The van der Waals surface area contributed by atoms with Crippen LogP contribution in [0.15, 0.2) is 24.4 Å². The van der Waals surface area contributed by atoms with E-state index in [0.717, 1.165) is 16.6 Å². The van der Waals surface area contributed by atoms with Gasteiger partial charge in [0.25, 0.3) is 0 Å². The molecule has 4 heterocycles. The maximum atomic E-state index is 13.6. The monoisotopic (exact) mass is 339 g/mol. The summed E-state index contributed by atoms with van der Waals surface area (Å²) in [7, 11) is 3.51. The molecule has 0 radical (unpaired) electrons. The lowest BCUT2D eigenvalue weighted by Gasteiger charge is -2.46. The standard InChI is InChI=1S/C16H14FN7O/c1-22-12-6-18-11-5-9(17)3-4-10(11)13(12)16(14(22)25)7-24(8-16)15-19-20-21-23(15)2/h3-6H,7-8H2,1-2H3. The lowest BCUT2D eigenvalue weighted by Crippen LogP contribution is -2.64. The summed E-state index contributed by atoms with van der Waals surface area (Å²) in [6, 6.07) is 4.51. The van der Waals surface area contributed by atoms with Crippen molar-refractivity contribution in [2.75, 3.05) is 29.9 Å². The van der Waals surface area contributed by atoms with Gasteiger partial charge in [-0.3, -0.25) is 9.78 Å². The summed E-state index contributed by atoms with van der Waals surface area (Å²) in [5, 5.41) is 12.3. The summed E-state index contributed by atoms with van der Waals surface area (Å²) >= 11 is 0. The first-order valence-electron chi connectivity index (χ1n) is 7.85. The molecule has 3 aromatic rings. The number of benzene rings is 1. The lowest BCUT2D eigenvalue weighted by atomic mass is 9.73. The fraction of sp³-hybridized carbons (Fsp3) is 0.312. The fourth-order valence-electron chi connectivity index (χ4n) is 3.98. The fourth-order valence-corrected chi connectivity index (χ4v) is 3.98. The molecule has 9 heteroatoms. The summed E-state index contributed by atoms with van der Waals surface area (Å²) < 4.78 is 15.2. The zero-order chi connectivity index (χ0) is 17.3. The number of fused-ring (bicyclic) bond motifs is 4. The Labute approximate surface area is 141 Å².